The minimum absolute atomic E-state index is 0. The van der Waals surface area contributed by atoms with Crippen LogP contribution in [0.5, 0.6) is 5.75 Å². The first-order valence-electron chi connectivity index (χ1n) is 11.1. The molecule has 0 aromatic heterocycles. The molecule has 1 heterocycles. The van der Waals surface area contributed by atoms with Crippen LogP contribution >= 0.6 is 24.0 Å². The molecule has 176 valence electrons. The van der Waals surface area contributed by atoms with Crippen molar-refractivity contribution < 1.29 is 9.13 Å². The van der Waals surface area contributed by atoms with E-state index in [4.69, 9.17) is 4.74 Å². The Bertz CT molecular complexity index is 871. The molecule has 0 radical (unpaired) electrons. The van der Waals surface area contributed by atoms with E-state index in [2.05, 4.69) is 32.3 Å². The maximum Gasteiger partial charge on any atom is 0.191 e. The number of hydrogen-bond donors (Lipinski definition) is 2. The number of nitrogens with zero attached hydrogens (tertiary/aromatic N) is 3. The smallest absolute Gasteiger partial charge is 0.191 e. The molecule has 0 spiro atoms. The topological polar surface area (TPSA) is 52.1 Å². The molecule has 8 heteroatoms. The summed E-state index contributed by atoms with van der Waals surface area (Å²) in [5.74, 6) is 1.36. The molecule has 0 bridgehead atoms. The molecule has 2 N–H and O–H groups in total. The number of aliphatic imine (C=N–C) groups is 1. The van der Waals surface area contributed by atoms with Gasteiger partial charge in [0.25, 0.3) is 0 Å². The van der Waals surface area contributed by atoms with Gasteiger partial charge in [0.15, 0.2) is 5.96 Å². The first-order valence-corrected chi connectivity index (χ1v) is 11.1. The fraction of sp³-hybridized carbons (Fsp3) is 0.458. The van der Waals surface area contributed by atoms with E-state index in [1.165, 1.54) is 0 Å². The van der Waals surface area contributed by atoms with Gasteiger partial charge in [0.2, 0.25) is 0 Å². The summed E-state index contributed by atoms with van der Waals surface area (Å²) in [6.07, 6.45) is 0. The van der Waals surface area contributed by atoms with Crippen molar-refractivity contribution in [2.75, 3.05) is 51.3 Å². The predicted octanol–water partition coefficient (Wildman–Crippen LogP) is 3.85. The van der Waals surface area contributed by atoms with E-state index in [1.54, 1.807) is 13.1 Å². The Morgan fingerprint density at radius 1 is 1.03 bits per heavy atom. The lowest BCUT2D eigenvalue weighted by atomic mass is 10.1. The summed E-state index contributed by atoms with van der Waals surface area (Å²) in [6.45, 7) is 10.6. The van der Waals surface area contributed by atoms with E-state index in [-0.39, 0.29) is 29.8 Å². The molecule has 1 aliphatic rings. The molecule has 3 rings (SSSR count). The lowest BCUT2D eigenvalue weighted by Crippen LogP contribution is -2.46. The van der Waals surface area contributed by atoms with E-state index in [0.29, 0.717) is 31.3 Å². The van der Waals surface area contributed by atoms with Gasteiger partial charge < -0.3 is 25.2 Å². The summed E-state index contributed by atoms with van der Waals surface area (Å²) < 4.78 is 20.4. The third kappa shape index (κ3) is 7.23. The summed E-state index contributed by atoms with van der Waals surface area (Å²) in [4.78, 5) is 8.79. The van der Waals surface area contributed by atoms with Gasteiger partial charge in [0.1, 0.15) is 11.6 Å². The molecular weight excluding hydrogens is 520 g/mol. The molecule has 1 fully saturated rings. The van der Waals surface area contributed by atoms with Crippen LogP contribution in [0.3, 0.4) is 0 Å². The number of hydrogen-bond acceptors (Lipinski definition) is 4. The standard InChI is InChI=1S/C24H34FN5O.HI/c1-4-29-12-14-30(15-13-29)22-11-10-19(16-21(22)25)17-27-24(26-3)28-18-20-8-6-7-9-23(20)31-5-2;/h6-11,16H,4-5,12-15,17-18H2,1-3H3,(H2,26,27,28);1H. The Kier molecular flexibility index (Phi) is 11.0. The fourth-order valence-electron chi connectivity index (χ4n) is 3.75. The van der Waals surface area contributed by atoms with Crippen LogP contribution in [-0.4, -0.2) is 57.2 Å². The van der Waals surface area contributed by atoms with Crippen LogP contribution in [-0.2, 0) is 13.1 Å². The van der Waals surface area contributed by atoms with E-state index in [1.807, 2.05) is 43.3 Å². The fourth-order valence-corrected chi connectivity index (χ4v) is 3.75. The molecule has 0 aliphatic carbocycles. The minimum Gasteiger partial charge on any atom is -0.494 e. The van der Waals surface area contributed by atoms with Crippen molar-refractivity contribution in [3.63, 3.8) is 0 Å². The van der Waals surface area contributed by atoms with Crippen LogP contribution in [0.2, 0.25) is 0 Å². The Morgan fingerprint density at radius 2 is 1.75 bits per heavy atom. The SMILES string of the molecule is CCOc1ccccc1CNC(=NC)NCc1ccc(N2CCN(CC)CC2)c(F)c1.I. The summed E-state index contributed by atoms with van der Waals surface area (Å²) in [7, 11) is 1.73. The van der Waals surface area contributed by atoms with Crippen LogP contribution in [0.15, 0.2) is 47.5 Å². The molecule has 0 atom stereocenters. The largest absolute Gasteiger partial charge is 0.494 e. The number of piperazine rings is 1. The Hall–Kier alpha value is -2.07. The van der Waals surface area contributed by atoms with Crippen LogP contribution in [0.1, 0.15) is 25.0 Å². The summed E-state index contributed by atoms with van der Waals surface area (Å²) in [5.41, 5.74) is 2.63. The maximum absolute atomic E-state index is 14.8. The normalized spacial score (nSPS) is 14.6. The van der Waals surface area contributed by atoms with Crippen LogP contribution in [0.25, 0.3) is 0 Å². The van der Waals surface area contributed by atoms with Gasteiger partial charge in [0, 0.05) is 51.9 Å². The van der Waals surface area contributed by atoms with Crippen molar-refractivity contribution in [3.8, 4) is 5.75 Å². The van der Waals surface area contributed by atoms with Crippen LogP contribution in [0.4, 0.5) is 10.1 Å². The highest BCUT2D eigenvalue weighted by molar-refractivity contribution is 14.0. The van der Waals surface area contributed by atoms with Gasteiger partial charge in [-0.05, 0) is 37.2 Å². The Balaban J connectivity index is 0.00000363. The molecule has 0 amide bonds. The highest BCUT2D eigenvalue weighted by atomic mass is 127. The lowest BCUT2D eigenvalue weighted by molar-refractivity contribution is 0.270. The van der Waals surface area contributed by atoms with Gasteiger partial charge in [-0.25, -0.2) is 4.39 Å². The zero-order valence-corrected chi connectivity index (χ0v) is 21.6. The monoisotopic (exact) mass is 555 g/mol. The number of ether oxygens (including phenoxy) is 1. The van der Waals surface area contributed by atoms with Crippen LogP contribution < -0.4 is 20.3 Å². The minimum atomic E-state index is -0.169. The first-order chi connectivity index (χ1) is 15.1. The first kappa shape index (κ1) is 26.2. The van der Waals surface area contributed by atoms with Crippen molar-refractivity contribution >= 4 is 35.6 Å². The zero-order chi connectivity index (χ0) is 22.1. The number of likely N-dealkylation sites (N-methyl/N-ethyl adjacent to an activating group) is 1. The lowest BCUT2D eigenvalue weighted by Gasteiger charge is -2.35. The van der Waals surface area contributed by atoms with E-state index in [0.717, 1.165) is 49.6 Å². The third-order valence-electron chi connectivity index (χ3n) is 5.57. The van der Waals surface area contributed by atoms with Crippen molar-refractivity contribution in [1.29, 1.82) is 0 Å². The molecule has 32 heavy (non-hydrogen) atoms. The quantitative estimate of drug-likeness (QED) is 0.295. The van der Waals surface area contributed by atoms with Crippen molar-refractivity contribution in [2.45, 2.75) is 26.9 Å². The number of halogens is 2. The van der Waals surface area contributed by atoms with Crippen molar-refractivity contribution in [2.24, 2.45) is 4.99 Å². The third-order valence-corrected chi connectivity index (χ3v) is 5.57. The number of para-hydroxylation sites is 1. The summed E-state index contributed by atoms with van der Waals surface area (Å²) in [6, 6.07) is 13.4. The average Bonchev–Trinajstić information content (AvgIpc) is 2.80. The molecule has 6 nitrogen and oxygen atoms in total. The number of anilines is 1. The van der Waals surface area contributed by atoms with Gasteiger partial charge >= 0.3 is 0 Å². The second-order valence-electron chi connectivity index (χ2n) is 7.53. The Labute approximate surface area is 208 Å². The second-order valence-corrected chi connectivity index (χ2v) is 7.53. The van der Waals surface area contributed by atoms with Gasteiger partial charge in [-0.1, -0.05) is 31.2 Å². The highest BCUT2D eigenvalue weighted by Crippen LogP contribution is 2.22. The molecule has 2 aromatic carbocycles. The highest BCUT2D eigenvalue weighted by Gasteiger charge is 2.18. The van der Waals surface area contributed by atoms with E-state index < -0.39 is 0 Å². The second kappa shape index (κ2) is 13.5. The zero-order valence-electron chi connectivity index (χ0n) is 19.2. The molecule has 2 aromatic rings. The van der Waals surface area contributed by atoms with Gasteiger partial charge in [-0.2, -0.15) is 0 Å². The molecule has 1 aliphatic heterocycles. The van der Waals surface area contributed by atoms with Crippen LogP contribution in [0, 0.1) is 5.82 Å². The number of guanidine groups is 1. The van der Waals surface area contributed by atoms with E-state index >= 15 is 0 Å². The number of rotatable bonds is 8. The Morgan fingerprint density at radius 3 is 2.41 bits per heavy atom. The summed E-state index contributed by atoms with van der Waals surface area (Å²) in [5, 5.41) is 6.55. The molecule has 1 saturated heterocycles. The maximum atomic E-state index is 14.8. The van der Waals surface area contributed by atoms with E-state index in [9.17, 15) is 4.39 Å². The molecular formula is C24H35FIN5O. The number of benzene rings is 2. The van der Waals surface area contributed by atoms with Gasteiger partial charge in [0.05, 0.1) is 12.3 Å². The predicted molar refractivity (Wildman–Crippen MR) is 141 cm³/mol. The van der Waals surface area contributed by atoms with Gasteiger partial charge in [-0.3, -0.25) is 4.99 Å². The molecule has 0 unspecified atom stereocenters. The van der Waals surface area contributed by atoms with Crippen molar-refractivity contribution in [1.82, 2.24) is 15.5 Å². The van der Waals surface area contributed by atoms with Crippen molar-refractivity contribution in [3.05, 3.63) is 59.4 Å². The summed E-state index contributed by atoms with van der Waals surface area (Å²) >= 11 is 0. The van der Waals surface area contributed by atoms with Gasteiger partial charge in [-0.15, -0.1) is 24.0 Å². The number of nitrogens with one attached hydrogen (secondary N) is 2. The molecule has 0 saturated carbocycles. The average molecular weight is 555 g/mol.